The fourth-order valence-electron chi connectivity index (χ4n) is 1.57. The minimum atomic E-state index is -0.268. The van der Waals surface area contributed by atoms with E-state index in [0.717, 1.165) is 5.56 Å². The van der Waals surface area contributed by atoms with E-state index in [0.29, 0.717) is 22.7 Å². The van der Waals surface area contributed by atoms with Crippen molar-refractivity contribution in [3.63, 3.8) is 0 Å². The van der Waals surface area contributed by atoms with Crippen molar-refractivity contribution in [1.82, 2.24) is 10.2 Å². The van der Waals surface area contributed by atoms with Crippen LogP contribution in [0.25, 0.3) is 0 Å². The lowest BCUT2D eigenvalue weighted by Gasteiger charge is -2.05. The highest BCUT2D eigenvalue weighted by Crippen LogP contribution is 2.15. The van der Waals surface area contributed by atoms with Crippen molar-refractivity contribution in [2.24, 2.45) is 0 Å². The van der Waals surface area contributed by atoms with E-state index in [1.54, 1.807) is 11.6 Å². The van der Waals surface area contributed by atoms with Crippen molar-refractivity contribution in [3.8, 4) is 11.8 Å². The van der Waals surface area contributed by atoms with Crippen molar-refractivity contribution < 1.29 is 9.90 Å². The van der Waals surface area contributed by atoms with Gasteiger partial charge in [0, 0.05) is 12.0 Å². The Morgan fingerprint density at radius 2 is 2.35 bits per heavy atom. The monoisotopic (exact) mass is 287 g/mol. The zero-order valence-corrected chi connectivity index (χ0v) is 11.7. The Balaban J connectivity index is 2.26. The Labute approximate surface area is 120 Å². The van der Waals surface area contributed by atoms with Crippen LogP contribution in [0.4, 0.5) is 5.13 Å². The number of rotatable bonds is 3. The van der Waals surface area contributed by atoms with Gasteiger partial charge in [0.1, 0.15) is 5.51 Å². The van der Waals surface area contributed by atoms with Gasteiger partial charge in [0.2, 0.25) is 5.13 Å². The highest BCUT2D eigenvalue weighted by molar-refractivity contribution is 7.13. The van der Waals surface area contributed by atoms with Crippen LogP contribution in [0.1, 0.15) is 27.9 Å². The van der Waals surface area contributed by atoms with Crippen molar-refractivity contribution in [2.45, 2.75) is 13.3 Å². The summed E-state index contributed by atoms with van der Waals surface area (Å²) >= 11 is 1.25. The first-order chi connectivity index (χ1) is 9.70. The Kier molecular flexibility index (Phi) is 4.82. The lowest BCUT2D eigenvalue weighted by molar-refractivity contribution is 0.102. The highest BCUT2D eigenvalue weighted by atomic mass is 32.1. The minimum absolute atomic E-state index is 0.00509. The van der Waals surface area contributed by atoms with Crippen LogP contribution in [0.3, 0.4) is 0 Å². The zero-order valence-electron chi connectivity index (χ0n) is 10.9. The van der Waals surface area contributed by atoms with E-state index < -0.39 is 0 Å². The van der Waals surface area contributed by atoms with Crippen LogP contribution >= 0.6 is 11.3 Å². The number of carbonyl (C=O) groups is 1. The van der Waals surface area contributed by atoms with E-state index in [-0.39, 0.29) is 12.5 Å². The summed E-state index contributed by atoms with van der Waals surface area (Å²) in [6.45, 7) is 1.94. The number of aryl methyl sites for hydroxylation is 1. The standard InChI is InChI=1S/C14H13N3O2S/c1-10-5-6-12(11(8-10)4-2-3-7-18)13(19)16-14-17-15-9-20-14/h5-6,8-9,18H,3,7H2,1H3,(H,16,17,19). The van der Waals surface area contributed by atoms with Gasteiger partial charge in [-0.1, -0.05) is 29.2 Å². The van der Waals surface area contributed by atoms with Crippen molar-refractivity contribution in [2.75, 3.05) is 11.9 Å². The van der Waals surface area contributed by atoms with Crippen molar-refractivity contribution in [1.29, 1.82) is 0 Å². The van der Waals surface area contributed by atoms with Gasteiger partial charge in [-0.2, -0.15) is 0 Å². The third-order valence-corrected chi connectivity index (χ3v) is 3.07. The van der Waals surface area contributed by atoms with Crippen LogP contribution < -0.4 is 5.32 Å². The molecule has 1 heterocycles. The summed E-state index contributed by atoms with van der Waals surface area (Å²) < 4.78 is 0. The molecule has 1 aromatic carbocycles. The molecule has 1 aromatic heterocycles. The molecule has 0 radical (unpaired) electrons. The molecule has 1 amide bonds. The van der Waals surface area contributed by atoms with E-state index in [1.165, 1.54) is 11.3 Å². The molecular formula is C14H13N3O2S. The number of hydrogen-bond acceptors (Lipinski definition) is 5. The summed E-state index contributed by atoms with van der Waals surface area (Å²) in [4.78, 5) is 12.2. The van der Waals surface area contributed by atoms with E-state index in [2.05, 4.69) is 27.4 Å². The molecule has 102 valence electrons. The Morgan fingerprint density at radius 1 is 1.50 bits per heavy atom. The molecule has 2 N–H and O–H groups in total. The Hall–Kier alpha value is -2.23. The van der Waals surface area contributed by atoms with Gasteiger partial charge in [-0.15, -0.1) is 10.2 Å². The molecule has 0 spiro atoms. The van der Waals surface area contributed by atoms with E-state index in [4.69, 9.17) is 5.11 Å². The smallest absolute Gasteiger partial charge is 0.258 e. The first-order valence-corrected chi connectivity index (χ1v) is 6.86. The number of benzene rings is 1. The average Bonchev–Trinajstić information content (AvgIpc) is 2.92. The number of nitrogens with one attached hydrogen (secondary N) is 1. The number of carbonyl (C=O) groups excluding carboxylic acids is 1. The molecule has 0 saturated heterocycles. The molecule has 0 saturated carbocycles. The molecule has 2 rings (SSSR count). The van der Waals surface area contributed by atoms with Gasteiger partial charge in [-0.3, -0.25) is 10.1 Å². The van der Waals surface area contributed by atoms with Gasteiger partial charge < -0.3 is 5.11 Å². The second-order valence-electron chi connectivity index (χ2n) is 4.02. The van der Waals surface area contributed by atoms with Gasteiger partial charge in [0.15, 0.2) is 0 Å². The van der Waals surface area contributed by atoms with Gasteiger partial charge in [-0.05, 0) is 24.6 Å². The second kappa shape index (κ2) is 6.80. The van der Waals surface area contributed by atoms with Gasteiger partial charge in [0.25, 0.3) is 5.91 Å². The quantitative estimate of drug-likeness (QED) is 0.845. The number of hydrogen-bond donors (Lipinski definition) is 2. The molecule has 0 aliphatic heterocycles. The fraction of sp³-hybridized carbons (Fsp3) is 0.214. The second-order valence-corrected chi connectivity index (χ2v) is 4.86. The highest BCUT2D eigenvalue weighted by Gasteiger charge is 2.12. The van der Waals surface area contributed by atoms with Crippen LogP contribution in [0.15, 0.2) is 23.7 Å². The van der Waals surface area contributed by atoms with Crippen LogP contribution in [-0.4, -0.2) is 27.8 Å². The number of amides is 1. The molecule has 0 fully saturated rings. The summed E-state index contributed by atoms with van der Waals surface area (Å²) in [6.07, 6.45) is 0.380. The average molecular weight is 287 g/mol. The largest absolute Gasteiger partial charge is 0.395 e. The first-order valence-electron chi connectivity index (χ1n) is 5.98. The van der Waals surface area contributed by atoms with Crippen LogP contribution in [-0.2, 0) is 0 Å². The minimum Gasteiger partial charge on any atom is -0.395 e. The summed E-state index contributed by atoms with van der Waals surface area (Å²) in [5, 5.41) is 19.3. The van der Waals surface area contributed by atoms with E-state index in [1.807, 2.05) is 19.1 Å². The molecule has 2 aromatic rings. The Morgan fingerprint density at radius 3 is 3.05 bits per heavy atom. The summed E-state index contributed by atoms with van der Waals surface area (Å²) in [7, 11) is 0. The molecule has 0 bridgehead atoms. The predicted molar refractivity (Wildman–Crippen MR) is 77.6 cm³/mol. The number of anilines is 1. The lowest BCUT2D eigenvalue weighted by Crippen LogP contribution is -2.13. The number of nitrogens with zero attached hydrogens (tertiary/aromatic N) is 2. The molecule has 0 unspecified atom stereocenters. The third kappa shape index (κ3) is 3.63. The van der Waals surface area contributed by atoms with Crippen LogP contribution in [0.2, 0.25) is 0 Å². The predicted octanol–water partition coefficient (Wildman–Crippen LogP) is 1.83. The van der Waals surface area contributed by atoms with Gasteiger partial charge in [-0.25, -0.2) is 0 Å². The van der Waals surface area contributed by atoms with Gasteiger partial charge >= 0.3 is 0 Å². The van der Waals surface area contributed by atoms with Crippen molar-refractivity contribution in [3.05, 3.63) is 40.4 Å². The summed E-state index contributed by atoms with van der Waals surface area (Å²) in [5.74, 6) is 5.47. The maximum Gasteiger partial charge on any atom is 0.258 e. The number of aromatic nitrogens is 2. The zero-order chi connectivity index (χ0) is 14.4. The van der Waals surface area contributed by atoms with Gasteiger partial charge in [0.05, 0.1) is 12.2 Å². The molecule has 0 aliphatic rings. The van der Waals surface area contributed by atoms with E-state index in [9.17, 15) is 4.79 Å². The van der Waals surface area contributed by atoms with Crippen molar-refractivity contribution >= 4 is 22.4 Å². The molecule has 0 aliphatic carbocycles. The maximum absolute atomic E-state index is 12.2. The number of aliphatic hydroxyl groups is 1. The maximum atomic E-state index is 12.2. The molecule has 6 heteroatoms. The number of aliphatic hydroxyl groups excluding tert-OH is 1. The summed E-state index contributed by atoms with van der Waals surface area (Å²) in [6, 6.07) is 5.43. The SMILES string of the molecule is Cc1ccc(C(=O)Nc2nncs2)c(C#CCCO)c1. The topological polar surface area (TPSA) is 75.1 Å². The molecule has 20 heavy (non-hydrogen) atoms. The normalized spacial score (nSPS) is 9.70. The molecule has 5 nitrogen and oxygen atoms in total. The van der Waals surface area contributed by atoms with Crippen LogP contribution in [0.5, 0.6) is 0 Å². The first kappa shape index (κ1) is 14.2. The van der Waals surface area contributed by atoms with Crippen LogP contribution in [0, 0.1) is 18.8 Å². The molecule has 0 atom stereocenters. The fourth-order valence-corrected chi connectivity index (χ4v) is 2.01. The lowest BCUT2D eigenvalue weighted by atomic mass is 10.0. The third-order valence-electron chi connectivity index (χ3n) is 2.46. The summed E-state index contributed by atoms with van der Waals surface area (Å²) in [5.41, 5.74) is 3.69. The molecular weight excluding hydrogens is 274 g/mol. The Bertz CT molecular complexity index is 657. The van der Waals surface area contributed by atoms with E-state index >= 15 is 0 Å².